The molecule has 1 saturated heterocycles. The van der Waals surface area contributed by atoms with Crippen LogP contribution < -0.4 is 5.32 Å². The Morgan fingerprint density at radius 3 is 2.80 bits per heavy atom. The molecule has 0 radical (unpaired) electrons. The number of pyridine rings is 1. The summed E-state index contributed by atoms with van der Waals surface area (Å²) in [5, 5.41) is 2.53. The molecule has 1 aliphatic heterocycles. The van der Waals surface area contributed by atoms with Gasteiger partial charge in [0.05, 0.1) is 10.8 Å². The second kappa shape index (κ2) is 6.87. The van der Waals surface area contributed by atoms with Crippen LogP contribution in [-0.2, 0) is 17.4 Å². The molecule has 0 saturated carbocycles. The summed E-state index contributed by atoms with van der Waals surface area (Å²) in [7, 11) is 0. The van der Waals surface area contributed by atoms with Crippen LogP contribution in [0.25, 0.3) is 0 Å². The van der Waals surface area contributed by atoms with Gasteiger partial charge in [-0.25, -0.2) is 9.98 Å². The van der Waals surface area contributed by atoms with E-state index >= 15 is 0 Å². The van der Waals surface area contributed by atoms with E-state index in [1.54, 1.807) is 18.3 Å². The Morgan fingerprint density at radius 1 is 1.28 bits per heavy atom. The lowest BCUT2D eigenvalue weighted by molar-refractivity contribution is -0.137. The number of aromatic nitrogens is 1. The first-order valence-corrected chi connectivity index (χ1v) is 8.34. The van der Waals surface area contributed by atoms with Crippen molar-refractivity contribution < 1.29 is 18.0 Å². The van der Waals surface area contributed by atoms with Crippen LogP contribution in [-0.4, -0.2) is 21.3 Å². The van der Waals surface area contributed by atoms with Gasteiger partial charge >= 0.3 is 6.18 Å². The van der Waals surface area contributed by atoms with Crippen LogP contribution in [0.5, 0.6) is 0 Å². The van der Waals surface area contributed by atoms with Gasteiger partial charge in [0.2, 0.25) is 5.91 Å². The summed E-state index contributed by atoms with van der Waals surface area (Å²) in [6.07, 6.45) is -2.58. The second-order valence-corrected chi connectivity index (χ2v) is 6.80. The number of amides is 1. The third-order valence-corrected chi connectivity index (χ3v) is 4.65. The van der Waals surface area contributed by atoms with E-state index in [1.165, 1.54) is 17.8 Å². The Labute approximate surface area is 146 Å². The van der Waals surface area contributed by atoms with Crippen LogP contribution in [0.2, 0.25) is 0 Å². The predicted molar refractivity (Wildman–Crippen MR) is 90.7 cm³/mol. The van der Waals surface area contributed by atoms with E-state index in [2.05, 4.69) is 15.3 Å². The van der Waals surface area contributed by atoms with E-state index in [0.29, 0.717) is 16.5 Å². The zero-order valence-electron chi connectivity index (χ0n) is 13.2. The molecule has 130 valence electrons. The highest BCUT2D eigenvalue weighted by atomic mass is 32.2. The third kappa shape index (κ3) is 4.39. The first kappa shape index (κ1) is 17.5. The third-order valence-electron chi connectivity index (χ3n) is 3.57. The smallest absolute Gasteiger partial charge is 0.304 e. The predicted octanol–water partition coefficient (Wildman–Crippen LogP) is 3.87. The number of amidine groups is 1. The number of aryl methyl sites for hydroxylation is 1. The number of aliphatic imine (C=N–C) groups is 1. The van der Waals surface area contributed by atoms with Gasteiger partial charge in [-0.3, -0.25) is 4.79 Å². The van der Waals surface area contributed by atoms with Gasteiger partial charge in [-0.2, -0.15) is 13.2 Å². The summed E-state index contributed by atoms with van der Waals surface area (Å²) >= 11 is 1.20. The summed E-state index contributed by atoms with van der Waals surface area (Å²) in [5.41, 5.74) is 0.729. The van der Waals surface area contributed by atoms with Crippen molar-refractivity contribution in [2.75, 3.05) is 0 Å². The molecule has 1 unspecified atom stereocenters. The number of carbonyl (C=O) groups excluding carboxylic acids is 1. The molecule has 3 rings (SSSR count). The molecule has 2 heterocycles. The molecule has 1 amide bonds. The average Bonchev–Trinajstić information content (AvgIpc) is 2.86. The topological polar surface area (TPSA) is 54.4 Å². The molecule has 0 spiro atoms. The second-order valence-electron chi connectivity index (χ2n) is 5.61. The Balaban J connectivity index is 1.74. The number of halogens is 3. The van der Waals surface area contributed by atoms with E-state index in [9.17, 15) is 18.0 Å². The zero-order valence-corrected chi connectivity index (χ0v) is 14.0. The molecule has 1 aromatic heterocycles. The summed E-state index contributed by atoms with van der Waals surface area (Å²) in [6.45, 7) is 1.90. The lowest BCUT2D eigenvalue weighted by Gasteiger charge is -2.10. The highest BCUT2D eigenvalue weighted by molar-refractivity contribution is 8.15. The molecule has 1 N–H and O–H groups in total. The molecular formula is C17H14F3N3OS. The maximum atomic E-state index is 12.8. The minimum Gasteiger partial charge on any atom is -0.304 e. The molecule has 8 heteroatoms. The molecule has 0 bridgehead atoms. The highest BCUT2D eigenvalue weighted by Crippen LogP contribution is 2.31. The van der Waals surface area contributed by atoms with Crippen LogP contribution in [0.4, 0.5) is 19.0 Å². The number of nitrogens with one attached hydrogen (secondary N) is 1. The quantitative estimate of drug-likeness (QED) is 0.898. The summed E-state index contributed by atoms with van der Waals surface area (Å²) in [6, 6.07) is 8.63. The molecule has 1 fully saturated rings. The molecule has 2 aromatic rings. The minimum absolute atomic E-state index is 0.195. The SMILES string of the molecule is Cc1ccnc(N=C2NC(=O)C(Cc3cccc(C(F)(F)F)c3)S2)c1. The largest absolute Gasteiger partial charge is 0.416 e. The lowest BCUT2D eigenvalue weighted by atomic mass is 10.1. The number of rotatable bonds is 3. The first-order chi connectivity index (χ1) is 11.8. The maximum absolute atomic E-state index is 12.8. The van der Waals surface area contributed by atoms with Gasteiger partial charge in [-0.1, -0.05) is 30.0 Å². The normalized spacial score (nSPS) is 19.3. The van der Waals surface area contributed by atoms with E-state index in [4.69, 9.17) is 0 Å². The summed E-state index contributed by atoms with van der Waals surface area (Å²) in [5.74, 6) is 0.205. The molecule has 4 nitrogen and oxygen atoms in total. The fourth-order valence-corrected chi connectivity index (χ4v) is 3.38. The maximum Gasteiger partial charge on any atom is 0.416 e. The van der Waals surface area contributed by atoms with Gasteiger partial charge in [-0.05, 0) is 42.7 Å². The highest BCUT2D eigenvalue weighted by Gasteiger charge is 2.33. The van der Waals surface area contributed by atoms with E-state index in [1.807, 2.05) is 13.0 Å². The molecular weight excluding hydrogens is 351 g/mol. The number of benzene rings is 1. The van der Waals surface area contributed by atoms with Crippen LogP contribution >= 0.6 is 11.8 Å². The van der Waals surface area contributed by atoms with Crippen molar-refractivity contribution in [1.82, 2.24) is 10.3 Å². The lowest BCUT2D eigenvalue weighted by Crippen LogP contribution is -2.26. The number of hydrogen-bond acceptors (Lipinski definition) is 4. The number of nitrogens with zero attached hydrogens (tertiary/aromatic N) is 2. The molecule has 25 heavy (non-hydrogen) atoms. The van der Waals surface area contributed by atoms with Crippen LogP contribution in [0.15, 0.2) is 47.6 Å². The zero-order chi connectivity index (χ0) is 18.0. The standard InChI is InChI=1S/C17H14F3N3OS/c1-10-5-6-21-14(7-10)22-16-23-15(24)13(25-16)9-11-3-2-4-12(8-11)17(18,19)20/h2-8,13H,9H2,1H3,(H,21,22,23,24). The Hall–Kier alpha value is -2.35. The number of carbonyl (C=O) groups is 1. The number of thioether (sulfide) groups is 1. The van der Waals surface area contributed by atoms with Crippen molar-refractivity contribution in [3.8, 4) is 0 Å². The van der Waals surface area contributed by atoms with E-state index < -0.39 is 17.0 Å². The van der Waals surface area contributed by atoms with Crippen LogP contribution in [0.3, 0.4) is 0 Å². The average molecular weight is 365 g/mol. The van der Waals surface area contributed by atoms with Gasteiger partial charge in [0.15, 0.2) is 11.0 Å². The molecule has 1 atom stereocenters. The molecule has 0 aliphatic carbocycles. The first-order valence-electron chi connectivity index (χ1n) is 7.46. The van der Waals surface area contributed by atoms with Crippen molar-refractivity contribution in [1.29, 1.82) is 0 Å². The van der Waals surface area contributed by atoms with Gasteiger partial charge in [0.25, 0.3) is 0 Å². The van der Waals surface area contributed by atoms with E-state index in [0.717, 1.165) is 17.7 Å². The van der Waals surface area contributed by atoms with Gasteiger partial charge in [0, 0.05) is 6.20 Å². The molecule has 1 aromatic carbocycles. The van der Waals surface area contributed by atoms with Crippen LogP contribution in [0, 0.1) is 6.92 Å². The monoisotopic (exact) mass is 365 g/mol. The summed E-state index contributed by atoms with van der Waals surface area (Å²) < 4.78 is 38.4. The van der Waals surface area contributed by atoms with E-state index in [-0.39, 0.29) is 12.3 Å². The Morgan fingerprint density at radius 2 is 2.08 bits per heavy atom. The Bertz CT molecular complexity index is 836. The fraction of sp³-hybridized carbons (Fsp3) is 0.235. The van der Waals surface area contributed by atoms with Crippen molar-refractivity contribution in [2.24, 2.45) is 4.99 Å². The Kier molecular flexibility index (Phi) is 4.80. The van der Waals surface area contributed by atoms with Crippen molar-refractivity contribution in [3.05, 3.63) is 59.3 Å². The van der Waals surface area contributed by atoms with Gasteiger partial charge in [-0.15, -0.1) is 0 Å². The minimum atomic E-state index is -4.40. The fourth-order valence-electron chi connectivity index (χ4n) is 2.37. The van der Waals surface area contributed by atoms with Crippen molar-refractivity contribution >= 4 is 28.7 Å². The van der Waals surface area contributed by atoms with Crippen molar-refractivity contribution in [3.63, 3.8) is 0 Å². The van der Waals surface area contributed by atoms with Gasteiger partial charge < -0.3 is 5.32 Å². The van der Waals surface area contributed by atoms with Gasteiger partial charge in [0.1, 0.15) is 0 Å². The van der Waals surface area contributed by atoms with Crippen molar-refractivity contribution in [2.45, 2.75) is 24.8 Å². The summed E-state index contributed by atoms with van der Waals surface area (Å²) in [4.78, 5) is 20.4. The molecule has 1 aliphatic rings. The number of alkyl halides is 3. The van der Waals surface area contributed by atoms with Crippen LogP contribution in [0.1, 0.15) is 16.7 Å². The number of hydrogen-bond donors (Lipinski definition) is 1.